The highest BCUT2D eigenvalue weighted by molar-refractivity contribution is 5.99. The molecule has 2 heterocycles. The lowest BCUT2D eigenvalue weighted by molar-refractivity contribution is 0.0647. The Morgan fingerprint density at radius 1 is 1.03 bits per heavy atom. The van der Waals surface area contributed by atoms with Crippen LogP contribution in [-0.4, -0.2) is 34.7 Å². The smallest absolute Gasteiger partial charge is 0.254 e. The molecule has 1 amide bonds. The molecule has 8 heteroatoms. The Morgan fingerprint density at radius 2 is 1.62 bits per heavy atom. The molecule has 5 nitrogen and oxygen atoms in total. The normalized spacial score (nSPS) is 15.0. The molecule has 29 heavy (non-hydrogen) atoms. The van der Waals surface area contributed by atoms with Gasteiger partial charge < -0.3 is 9.88 Å². The van der Waals surface area contributed by atoms with Gasteiger partial charge in [0.05, 0.1) is 5.56 Å². The molecule has 1 aromatic carbocycles. The molecule has 0 aliphatic carbocycles. The van der Waals surface area contributed by atoms with Gasteiger partial charge in [-0.1, -0.05) is 13.8 Å². The molecule has 1 fully saturated rings. The van der Waals surface area contributed by atoms with Gasteiger partial charge >= 0.3 is 0 Å². The number of hydrogen-bond acceptors (Lipinski definition) is 3. The highest BCUT2D eigenvalue weighted by atomic mass is 19.1. The zero-order valence-electron chi connectivity index (χ0n) is 16.1. The highest BCUT2D eigenvalue weighted by Crippen LogP contribution is 2.26. The summed E-state index contributed by atoms with van der Waals surface area (Å²) in [5.74, 6) is -5.23. The maximum absolute atomic E-state index is 13.9. The number of aromatic amines is 1. The standard InChI is InChI=1S/C21H21F3N2O3/c1-11(2)17-7-13(8-18(27)25-17)21(29)26-5-3-12(4-6-26)20(28)19-15(23)9-14(22)10-16(19)24/h7-12H,3-6H2,1-2H3,(H,25,27). The van der Waals surface area contributed by atoms with E-state index in [1.54, 1.807) is 6.07 Å². The summed E-state index contributed by atoms with van der Waals surface area (Å²) < 4.78 is 40.8. The summed E-state index contributed by atoms with van der Waals surface area (Å²) >= 11 is 0. The van der Waals surface area contributed by atoms with E-state index < -0.39 is 34.7 Å². The Labute approximate surface area is 165 Å². The number of H-pyrrole nitrogens is 1. The van der Waals surface area contributed by atoms with Crippen LogP contribution >= 0.6 is 0 Å². The Balaban J connectivity index is 1.72. The molecule has 1 aromatic heterocycles. The van der Waals surface area contributed by atoms with Gasteiger partial charge in [-0.25, -0.2) is 13.2 Å². The van der Waals surface area contributed by atoms with Crippen molar-refractivity contribution in [2.45, 2.75) is 32.6 Å². The van der Waals surface area contributed by atoms with Crippen LogP contribution in [-0.2, 0) is 0 Å². The monoisotopic (exact) mass is 406 g/mol. The molecule has 154 valence electrons. The number of Topliss-reactive ketones (excluding diaryl/α,β-unsaturated/α-hetero) is 1. The van der Waals surface area contributed by atoms with E-state index in [1.165, 1.54) is 11.0 Å². The number of nitrogens with zero attached hydrogens (tertiary/aromatic N) is 1. The third kappa shape index (κ3) is 4.41. The Morgan fingerprint density at radius 3 is 2.17 bits per heavy atom. The van der Waals surface area contributed by atoms with Crippen molar-refractivity contribution >= 4 is 11.7 Å². The van der Waals surface area contributed by atoms with Crippen molar-refractivity contribution in [1.29, 1.82) is 0 Å². The number of rotatable bonds is 4. The van der Waals surface area contributed by atoms with Crippen molar-refractivity contribution in [3.8, 4) is 0 Å². The summed E-state index contributed by atoms with van der Waals surface area (Å²) in [5.41, 5.74) is -0.203. The predicted molar refractivity (Wildman–Crippen MR) is 100 cm³/mol. The van der Waals surface area contributed by atoms with Crippen LogP contribution in [0, 0.1) is 23.4 Å². The average molecular weight is 406 g/mol. The molecule has 0 atom stereocenters. The minimum absolute atomic E-state index is 0.0410. The first-order valence-corrected chi connectivity index (χ1v) is 9.39. The van der Waals surface area contributed by atoms with Crippen molar-refractivity contribution in [2.24, 2.45) is 5.92 Å². The zero-order chi connectivity index (χ0) is 21.3. The van der Waals surface area contributed by atoms with E-state index in [1.807, 2.05) is 13.8 Å². The number of piperidine rings is 1. The number of carbonyl (C=O) groups excluding carboxylic acids is 2. The van der Waals surface area contributed by atoms with Crippen molar-refractivity contribution in [2.75, 3.05) is 13.1 Å². The van der Waals surface area contributed by atoms with E-state index in [-0.39, 0.29) is 48.9 Å². The molecule has 0 spiro atoms. The SMILES string of the molecule is CC(C)c1cc(C(=O)N2CCC(C(=O)c3c(F)cc(F)cc3F)CC2)cc(=O)[nH]1. The molecule has 0 saturated carbocycles. The van der Waals surface area contributed by atoms with E-state index in [9.17, 15) is 27.6 Å². The van der Waals surface area contributed by atoms with E-state index >= 15 is 0 Å². The van der Waals surface area contributed by atoms with Crippen molar-refractivity contribution in [1.82, 2.24) is 9.88 Å². The van der Waals surface area contributed by atoms with Gasteiger partial charge in [0, 0.05) is 48.5 Å². The Bertz CT molecular complexity index is 985. The second-order valence-corrected chi connectivity index (χ2v) is 7.52. The first kappa shape index (κ1) is 20.8. The van der Waals surface area contributed by atoms with Gasteiger partial charge in [0.15, 0.2) is 5.78 Å². The van der Waals surface area contributed by atoms with Gasteiger partial charge in [-0.3, -0.25) is 14.4 Å². The summed E-state index contributed by atoms with van der Waals surface area (Å²) in [6, 6.07) is 3.83. The summed E-state index contributed by atoms with van der Waals surface area (Å²) in [6.07, 6.45) is 0.447. The van der Waals surface area contributed by atoms with Crippen LogP contribution in [0.3, 0.4) is 0 Å². The lowest BCUT2D eigenvalue weighted by Gasteiger charge is -2.31. The van der Waals surface area contributed by atoms with E-state index in [0.717, 1.165) is 0 Å². The van der Waals surface area contributed by atoms with Crippen LogP contribution in [0.2, 0.25) is 0 Å². The number of halogens is 3. The fourth-order valence-electron chi connectivity index (χ4n) is 3.51. The summed E-state index contributed by atoms with van der Waals surface area (Å²) in [6.45, 7) is 4.21. The number of amides is 1. The molecule has 0 radical (unpaired) electrons. The van der Waals surface area contributed by atoms with E-state index in [2.05, 4.69) is 4.98 Å². The van der Waals surface area contributed by atoms with E-state index in [4.69, 9.17) is 0 Å². The molecule has 0 bridgehead atoms. The quantitative estimate of drug-likeness (QED) is 0.788. The van der Waals surface area contributed by atoms with Gasteiger partial charge in [-0.05, 0) is 24.8 Å². The maximum atomic E-state index is 13.9. The van der Waals surface area contributed by atoms with Gasteiger partial charge in [-0.15, -0.1) is 0 Å². The number of likely N-dealkylation sites (tertiary alicyclic amines) is 1. The van der Waals surface area contributed by atoms with Crippen molar-refractivity contribution < 1.29 is 22.8 Å². The fraction of sp³-hybridized carbons (Fsp3) is 0.381. The number of aromatic nitrogens is 1. The van der Waals surface area contributed by atoms with Gasteiger partial charge in [0.2, 0.25) is 5.56 Å². The first-order chi connectivity index (χ1) is 13.7. The predicted octanol–water partition coefficient (Wildman–Crippen LogP) is 3.65. The van der Waals surface area contributed by atoms with E-state index in [0.29, 0.717) is 17.8 Å². The van der Waals surface area contributed by atoms with Gasteiger partial charge in [0.1, 0.15) is 17.5 Å². The average Bonchev–Trinajstić information content (AvgIpc) is 2.66. The number of benzene rings is 1. The Kier molecular flexibility index (Phi) is 5.91. The molecular formula is C21H21F3N2O3. The number of carbonyl (C=O) groups is 2. The highest BCUT2D eigenvalue weighted by Gasteiger charge is 2.31. The molecule has 1 N–H and O–H groups in total. The van der Waals surface area contributed by atoms with Crippen LogP contribution < -0.4 is 5.56 Å². The number of ketones is 1. The number of pyridine rings is 1. The molecule has 0 unspecified atom stereocenters. The molecule has 3 rings (SSSR count). The largest absolute Gasteiger partial charge is 0.339 e. The maximum Gasteiger partial charge on any atom is 0.254 e. The lowest BCUT2D eigenvalue weighted by atomic mass is 9.88. The van der Waals surface area contributed by atoms with Gasteiger partial charge in [-0.2, -0.15) is 0 Å². The van der Waals surface area contributed by atoms with Crippen molar-refractivity contribution in [3.63, 3.8) is 0 Å². The molecule has 1 saturated heterocycles. The Hall–Kier alpha value is -2.90. The summed E-state index contributed by atoms with van der Waals surface area (Å²) in [7, 11) is 0. The van der Waals surface area contributed by atoms with Crippen LogP contribution in [0.15, 0.2) is 29.1 Å². The van der Waals surface area contributed by atoms with Crippen LogP contribution in [0.4, 0.5) is 13.2 Å². The summed E-state index contributed by atoms with van der Waals surface area (Å²) in [5, 5.41) is 0. The second kappa shape index (κ2) is 8.23. The molecule has 2 aromatic rings. The fourth-order valence-corrected chi connectivity index (χ4v) is 3.51. The minimum atomic E-state index is -1.23. The molecular weight excluding hydrogens is 385 g/mol. The summed E-state index contributed by atoms with van der Waals surface area (Å²) in [4.78, 5) is 41.3. The zero-order valence-corrected chi connectivity index (χ0v) is 16.1. The third-order valence-electron chi connectivity index (χ3n) is 5.14. The molecule has 1 aliphatic rings. The number of hydrogen-bond donors (Lipinski definition) is 1. The minimum Gasteiger partial charge on any atom is -0.339 e. The lowest BCUT2D eigenvalue weighted by Crippen LogP contribution is -2.41. The second-order valence-electron chi connectivity index (χ2n) is 7.52. The topological polar surface area (TPSA) is 70.2 Å². The van der Waals surface area contributed by atoms with Crippen LogP contribution in [0.5, 0.6) is 0 Å². The number of nitrogens with one attached hydrogen (secondary N) is 1. The van der Waals surface area contributed by atoms with Crippen LogP contribution in [0.25, 0.3) is 0 Å². The van der Waals surface area contributed by atoms with Crippen molar-refractivity contribution in [3.05, 3.63) is 68.9 Å². The van der Waals surface area contributed by atoms with Crippen LogP contribution in [0.1, 0.15) is 59.0 Å². The van der Waals surface area contributed by atoms with Gasteiger partial charge in [0.25, 0.3) is 5.91 Å². The third-order valence-corrected chi connectivity index (χ3v) is 5.14. The molecule has 1 aliphatic heterocycles. The first-order valence-electron chi connectivity index (χ1n) is 9.39.